The van der Waals surface area contributed by atoms with E-state index in [0.29, 0.717) is 5.71 Å². The van der Waals surface area contributed by atoms with Gasteiger partial charge in [-0.1, -0.05) is 18.2 Å². The number of hydrogen-bond donors (Lipinski definition) is 1. The molecule has 4 rings (SSSR count). The molecule has 0 bridgehead atoms. The number of benzene rings is 2. The lowest BCUT2D eigenvalue weighted by Gasteiger charge is -2.21. The molecule has 158 valence electrons. The fraction of sp³-hybridized carbons (Fsp3) is 0.160. The number of rotatable bonds is 4. The van der Waals surface area contributed by atoms with Crippen LogP contribution < -0.4 is 10.7 Å². The van der Waals surface area contributed by atoms with Gasteiger partial charge in [0.2, 0.25) is 0 Å². The van der Waals surface area contributed by atoms with Gasteiger partial charge in [-0.3, -0.25) is 0 Å². The first-order chi connectivity index (χ1) is 15.4. The molecule has 0 amide bonds. The maximum atomic E-state index is 13.3. The van der Waals surface area contributed by atoms with Crippen LogP contribution in [0.5, 0.6) is 0 Å². The molecular formula is C25H21FN6. The Morgan fingerprint density at radius 1 is 1.06 bits per heavy atom. The third-order valence-corrected chi connectivity index (χ3v) is 5.55. The van der Waals surface area contributed by atoms with Crippen molar-refractivity contribution in [2.24, 2.45) is 16.8 Å². The summed E-state index contributed by atoms with van der Waals surface area (Å²) in [6, 6.07) is 21.9. The molecule has 0 aliphatic carbocycles. The van der Waals surface area contributed by atoms with Crippen LogP contribution in [-0.2, 0) is 0 Å². The second-order valence-corrected chi connectivity index (χ2v) is 7.57. The summed E-state index contributed by atoms with van der Waals surface area (Å²) in [7, 11) is 0. The molecular weight excluding hydrogens is 403 g/mol. The molecule has 7 heteroatoms. The smallest absolute Gasteiger partial charge is 0.127 e. The number of halogens is 1. The van der Waals surface area contributed by atoms with E-state index in [1.54, 1.807) is 23.2 Å². The Labute approximate surface area is 185 Å². The molecule has 0 fully saturated rings. The minimum absolute atomic E-state index is 0.282. The zero-order chi connectivity index (χ0) is 22.8. The number of aromatic nitrogens is 1. The second-order valence-electron chi connectivity index (χ2n) is 7.57. The van der Waals surface area contributed by atoms with Crippen molar-refractivity contribution in [2.45, 2.75) is 20.0 Å². The van der Waals surface area contributed by atoms with Crippen LogP contribution in [0.25, 0.3) is 11.8 Å². The Balaban J connectivity index is 1.76. The van der Waals surface area contributed by atoms with Crippen LogP contribution in [0.15, 0.2) is 71.3 Å². The third-order valence-electron chi connectivity index (χ3n) is 5.55. The third kappa shape index (κ3) is 3.66. The van der Waals surface area contributed by atoms with Crippen molar-refractivity contribution in [3.05, 3.63) is 89.0 Å². The van der Waals surface area contributed by atoms with Crippen molar-refractivity contribution in [3.63, 3.8) is 0 Å². The Kier molecular flexibility index (Phi) is 5.59. The number of nitrogens with zero attached hydrogens (tertiary/aromatic N) is 5. The quantitative estimate of drug-likeness (QED) is 0.627. The number of hydrogen-bond acceptors (Lipinski definition) is 5. The van der Waals surface area contributed by atoms with E-state index in [4.69, 9.17) is 5.73 Å². The van der Waals surface area contributed by atoms with Gasteiger partial charge in [-0.05, 0) is 68.0 Å². The highest BCUT2D eigenvalue weighted by Gasteiger charge is 2.37. The van der Waals surface area contributed by atoms with Gasteiger partial charge < -0.3 is 10.3 Å². The predicted octanol–water partition coefficient (Wildman–Crippen LogP) is 4.44. The average molecular weight is 424 g/mol. The van der Waals surface area contributed by atoms with Gasteiger partial charge in [-0.25, -0.2) is 9.40 Å². The summed E-state index contributed by atoms with van der Waals surface area (Å²) in [5.41, 5.74) is 11.1. The number of nitrogens with two attached hydrogens (primary N) is 1. The minimum Gasteiger partial charge on any atom is -0.318 e. The molecule has 0 radical (unpaired) electrons. The number of para-hydroxylation sites is 1. The maximum Gasteiger partial charge on any atom is 0.127 e. The summed E-state index contributed by atoms with van der Waals surface area (Å²) in [5.74, 6) is -1.05. The SMILES string of the molecule is Cc1cc(/C=C(/C#N)C2=NN(c3ccccc3)[C@@H](N)[C@@H]2C#N)c(C)n1-c1ccc(F)cc1. The van der Waals surface area contributed by atoms with Crippen LogP contribution in [-0.4, -0.2) is 16.4 Å². The molecule has 6 nitrogen and oxygen atoms in total. The van der Waals surface area contributed by atoms with Crippen molar-refractivity contribution >= 4 is 17.5 Å². The number of aryl methyl sites for hydroxylation is 1. The van der Waals surface area contributed by atoms with Crippen molar-refractivity contribution in [1.82, 2.24) is 4.57 Å². The largest absolute Gasteiger partial charge is 0.318 e. The van der Waals surface area contributed by atoms with Crippen LogP contribution in [0.4, 0.5) is 10.1 Å². The lowest BCUT2D eigenvalue weighted by Crippen LogP contribution is -2.40. The van der Waals surface area contributed by atoms with E-state index in [0.717, 1.165) is 28.3 Å². The first kappa shape index (κ1) is 21.0. The molecule has 0 spiro atoms. The van der Waals surface area contributed by atoms with E-state index in [1.807, 2.05) is 54.8 Å². The molecule has 0 unspecified atom stereocenters. The van der Waals surface area contributed by atoms with Crippen molar-refractivity contribution < 1.29 is 4.39 Å². The van der Waals surface area contributed by atoms with Crippen LogP contribution in [0.1, 0.15) is 17.0 Å². The van der Waals surface area contributed by atoms with Gasteiger partial charge in [0.1, 0.15) is 24.0 Å². The monoisotopic (exact) mass is 424 g/mol. The van der Waals surface area contributed by atoms with Crippen LogP contribution in [0, 0.1) is 48.2 Å². The Morgan fingerprint density at radius 3 is 2.38 bits per heavy atom. The molecule has 2 N–H and O–H groups in total. The highest BCUT2D eigenvalue weighted by Crippen LogP contribution is 2.30. The normalized spacial score (nSPS) is 18.2. The standard InChI is InChI=1S/C25H21FN6/c1-16-12-18(17(2)31(16)21-10-8-20(26)9-11-21)13-19(14-27)24-23(15-28)25(29)32(30-24)22-6-4-3-5-7-22/h3-13,23,25H,29H2,1-2H3/b19-13-/t23-,25-/m1/s1. The molecule has 3 aromatic rings. The number of hydrazone groups is 1. The number of anilines is 1. The molecule has 2 aromatic carbocycles. The van der Waals surface area contributed by atoms with Crippen LogP contribution >= 0.6 is 0 Å². The molecule has 1 aromatic heterocycles. The van der Waals surface area contributed by atoms with Gasteiger partial charge in [-0.15, -0.1) is 0 Å². The van der Waals surface area contributed by atoms with E-state index in [-0.39, 0.29) is 11.4 Å². The van der Waals surface area contributed by atoms with Gasteiger partial charge in [-0.2, -0.15) is 15.6 Å². The van der Waals surface area contributed by atoms with E-state index >= 15 is 0 Å². The zero-order valence-electron chi connectivity index (χ0n) is 17.7. The van der Waals surface area contributed by atoms with Crippen LogP contribution in [0.3, 0.4) is 0 Å². The summed E-state index contributed by atoms with van der Waals surface area (Å²) in [4.78, 5) is 0. The van der Waals surface area contributed by atoms with Gasteiger partial charge >= 0.3 is 0 Å². The molecule has 2 heterocycles. The molecule has 2 atom stereocenters. The highest BCUT2D eigenvalue weighted by molar-refractivity contribution is 6.11. The van der Waals surface area contributed by atoms with E-state index < -0.39 is 12.1 Å². The molecule has 0 saturated heterocycles. The zero-order valence-corrected chi connectivity index (χ0v) is 17.7. The highest BCUT2D eigenvalue weighted by atomic mass is 19.1. The summed E-state index contributed by atoms with van der Waals surface area (Å²) in [5, 5.41) is 25.8. The maximum absolute atomic E-state index is 13.3. The van der Waals surface area contributed by atoms with Gasteiger partial charge in [0.25, 0.3) is 0 Å². The topological polar surface area (TPSA) is 94.1 Å². The predicted molar refractivity (Wildman–Crippen MR) is 122 cm³/mol. The van der Waals surface area contributed by atoms with Crippen molar-refractivity contribution in [3.8, 4) is 17.8 Å². The van der Waals surface area contributed by atoms with Gasteiger partial charge in [0, 0.05) is 17.1 Å². The second kappa shape index (κ2) is 8.50. The lowest BCUT2D eigenvalue weighted by atomic mass is 9.95. The summed E-state index contributed by atoms with van der Waals surface area (Å²) in [6.07, 6.45) is 1.04. The molecule has 32 heavy (non-hydrogen) atoms. The van der Waals surface area contributed by atoms with Crippen LogP contribution in [0.2, 0.25) is 0 Å². The lowest BCUT2D eigenvalue weighted by molar-refractivity contribution is 0.624. The Hall–Kier alpha value is -4.20. The van der Waals surface area contributed by atoms with Gasteiger partial charge in [0.05, 0.1) is 23.0 Å². The molecule has 1 aliphatic heterocycles. The van der Waals surface area contributed by atoms with Crippen molar-refractivity contribution in [2.75, 3.05) is 5.01 Å². The summed E-state index contributed by atoms with van der Waals surface area (Å²) in [6.45, 7) is 3.87. The summed E-state index contributed by atoms with van der Waals surface area (Å²) < 4.78 is 15.3. The fourth-order valence-corrected chi connectivity index (χ4v) is 3.96. The molecule has 0 saturated carbocycles. The average Bonchev–Trinajstić information content (AvgIpc) is 3.28. The van der Waals surface area contributed by atoms with Gasteiger partial charge in [0.15, 0.2) is 0 Å². The van der Waals surface area contributed by atoms with Crippen molar-refractivity contribution in [1.29, 1.82) is 10.5 Å². The minimum atomic E-state index is -0.748. The van der Waals surface area contributed by atoms with E-state index in [2.05, 4.69) is 17.2 Å². The van der Waals surface area contributed by atoms with E-state index in [9.17, 15) is 14.9 Å². The summed E-state index contributed by atoms with van der Waals surface area (Å²) >= 11 is 0. The Morgan fingerprint density at radius 2 is 1.75 bits per heavy atom. The Bertz CT molecular complexity index is 1290. The van der Waals surface area contributed by atoms with E-state index in [1.165, 1.54) is 12.1 Å². The number of allylic oxidation sites excluding steroid dienone is 1. The fourth-order valence-electron chi connectivity index (χ4n) is 3.96. The first-order valence-electron chi connectivity index (χ1n) is 10.1. The first-order valence-corrected chi connectivity index (χ1v) is 10.1. The number of nitriles is 2. The molecule has 1 aliphatic rings.